The minimum absolute atomic E-state index is 0.524. The SMILES string of the molecule is CCc1ccc(NC(=O)N[C@H](C)C(=O)O)cc1. The fourth-order valence-corrected chi connectivity index (χ4v) is 1.25. The topological polar surface area (TPSA) is 78.4 Å². The zero-order chi connectivity index (χ0) is 12.8. The van der Waals surface area contributed by atoms with E-state index < -0.39 is 18.0 Å². The van der Waals surface area contributed by atoms with Crippen molar-refractivity contribution in [1.82, 2.24) is 5.32 Å². The summed E-state index contributed by atoms with van der Waals surface area (Å²) in [5, 5.41) is 13.5. The number of urea groups is 1. The van der Waals surface area contributed by atoms with E-state index in [0.717, 1.165) is 6.42 Å². The summed E-state index contributed by atoms with van der Waals surface area (Å²) >= 11 is 0. The molecule has 0 spiro atoms. The van der Waals surface area contributed by atoms with Gasteiger partial charge in [0, 0.05) is 5.69 Å². The molecule has 0 saturated carbocycles. The average molecular weight is 236 g/mol. The number of carbonyl (C=O) groups excluding carboxylic acids is 1. The van der Waals surface area contributed by atoms with E-state index in [1.807, 2.05) is 19.1 Å². The number of benzene rings is 1. The minimum Gasteiger partial charge on any atom is -0.480 e. The number of anilines is 1. The molecule has 5 nitrogen and oxygen atoms in total. The van der Waals surface area contributed by atoms with E-state index in [1.165, 1.54) is 12.5 Å². The van der Waals surface area contributed by atoms with Crippen molar-refractivity contribution < 1.29 is 14.7 Å². The highest BCUT2D eigenvalue weighted by Gasteiger charge is 2.13. The van der Waals surface area contributed by atoms with E-state index in [1.54, 1.807) is 12.1 Å². The van der Waals surface area contributed by atoms with E-state index in [2.05, 4.69) is 10.6 Å². The fourth-order valence-electron chi connectivity index (χ4n) is 1.25. The number of aryl methyl sites for hydroxylation is 1. The first-order valence-electron chi connectivity index (χ1n) is 5.42. The third-order valence-corrected chi connectivity index (χ3v) is 2.34. The van der Waals surface area contributed by atoms with Crippen LogP contribution in [0.5, 0.6) is 0 Å². The smallest absolute Gasteiger partial charge is 0.325 e. The Kier molecular flexibility index (Phi) is 4.51. The maximum Gasteiger partial charge on any atom is 0.325 e. The van der Waals surface area contributed by atoms with Gasteiger partial charge in [-0.2, -0.15) is 0 Å². The van der Waals surface area contributed by atoms with Crippen molar-refractivity contribution in [2.45, 2.75) is 26.3 Å². The summed E-state index contributed by atoms with van der Waals surface area (Å²) in [6, 6.07) is 5.95. The number of carbonyl (C=O) groups is 2. The molecule has 1 aromatic carbocycles. The molecule has 0 unspecified atom stereocenters. The molecular weight excluding hydrogens is 220 g/mol. The second-order valence-corrected chi connectivity index (χ2v) is 3.71. The number of carboxylic acids is 1. The highest BCUT2D eigenvalue weighted by molar-refractivity contribution is 5.92. The Morgan fingerprint density at radius 2 is 1.88 bits per heavy atom. The van der Waals surface area contributed by atoms with E-state index >= 15 is 0 Å². The lowest BCUT2D eigenvalue weighted by atomic mass is 10.1. The number of carboxylic acid groups (broad SMARTS) is 1. The van der Waals surface area contributed by atoms with Crippen LogP contribution >= 0.6 is 0 Å². The van der Waals surface area contributed by atoms with Crippen LogP contribution in [0.3, 0.4) is 0 Å². The molecule has 5 heteroatoms. The maximum atomic E-state index is 11.4. The molecule has 0 aliphatic rings. The molecule has 17 heavy (non-hydrogen) atoms. The first-order chi connectivity index (χ1) is 8.02. The van der Waals surface area contributed by atoms with Gasteiger partial charge in [0.2, 0.25) is 0 Å². The van der Waals surface area contributed by atoms with Crippen molar-refractivity contribution in [2.24, 2.45) is 0 Å². The second-order valence-electron chi connectivity index (χ2n) is 3.71. The predicted octanol–water partition coefficient (Wildman–Crippen LogP) is 1.84. The Morgan fingerprint density at radius 3 is 2.35 bits per heavy atom. The highest BCUT2D eigenvalue weighted by Crippen LogP contribution is 2.09. The van der Waals surface area contributed by atoms with Crippen molar-refractivity contribution in [3.05, 3.63) is 29.8 Å². The summed E-state index contributed by atoms with van der Waals surface area (Å²) < 4.78 is 0. The Hall–Kier alpha value is -2.04. The minimum atomic E-state index is -1.07. The van der Waals surface area contributed by atoms with Crippen molar-refractivity contribution in [1.29, 1.82) is 0 Å². The first kappa shape index (κ1) is 13.0. The predicted molar refractivity (Wildman–Crippen MR) is 65.1 cm³/mol. The summed E-state index contributed by atoms with van der Waals surface area (Å²) in [6.07, 6.45) is 0.933. The molecule has 1 rings (SSSR count). The van der Waals surface area contributed by atoms with Gasteiger partial charge in [0.25, 0.3) is 0 Å². The lowest BCUT2D eigenvalue weighted by Crippen LogP contribution is -2.40. The largest absolute Gasteiger partial charge is 0.480 e. The molecule has 2 amide bonds. The fraction of sp³-hybridized carbons (Fsp3) is 0.333. The van der Waals surface area contributed by atoms with Crippen LogP contribution in [0, 0.1) is 0 Å². The molecule has 0 aliphatic carbocycles. The van der Waals surface area contributed by atoms with Crippen LogP contribution in [-0.2, 0) is 11.2 Å². The van der Waals surface area contributed by atoms with Crippen molar-refractivity contribution >= 4 is 17.7 Å². The Balaban J connectivity index is 2.53. The van der Waals surface area contributed by atoms with Crippen LogP contribution in [0.1, 0.15) is 19.4 Å². The third kappa shape index (κ3) is 4.14. The van der Waals surface area contributed by atoms with E-state index in [0.29, 0.717) is 5.69 Å². The number of aliphatic carboxylic acids is 1. The first-order valence-corrected chi connectivity index (χ1v) is 5.42. The summed E-state index contributed by atoms with van der Waals surface area (Å²) in [7, 11) is 0. The number of hydrogen-bond acceptors (Lipinski definition) is 2. The van der Waals surface area contributed by atoms with Crippen LogP contribution in [0.15, 0.2) is 24.3 Å². The van der Waals surface area contributed by atoms with Crippen LogP contribution in [-0.4, -0.2) is 23.1 Å². The molecular formula is C12H16N2O3. The molecule has 3 N–H and O–H groups in total. The van der Waals surface area contributed by atoms with Gasteiger partial charge in [-0.05, 0) is 31.0 Å². The molecule has 1 aromatic rings. The molecule has 0 aliphatic heterocycles. The van der Waals surface area contributed by atoms with Gasteiger partial charge in [0.1, 0.15) is 6.04 Å². The van der Waals surface area contributed by atoms with Gasteiger partial charge in [0.05, 0.1) is 0 Å². The van der Waals surface area contributed by atoms with Gasteiger partial charge in [-0.25, -0.2) is 4.79 Å². The van der Waals surface area contributed by atoms with Crippen LogP contribution in [0.2, 0.25) is 0 Å². The van der Waals surface area contributed by atoms with Crippen molar-refractivity contribution in [3.63, 3.8) is 0 Å². The van der Waals surface area contributed by atoms with Gasteiger partial charge in [-0.3, -0.25) is 4.79 Å². The zero-order valence-electron chi connectivity index (χ0n) is 9.86. The maximum absolute atomic E-state index is 11.4. The van der Waals surface area contributed by atoms with E-state index in [4.69, 9.17) is 5.11 Å². The zero-order valence-corrected chi connectivity index (χ0v) is 9.86. The number of hydrogen-bond donors (Lipinski definition) is 3. The molecule has 0 fully saturated rings. The summed E-state index contributed by atoms with van der Waals surface area (Å²) in [5.74, 6) is -1.07. The van der Waals surface area contributed by atoms with Crippen LogP contribution < -0.4 is 10.6 Å². The van der Waals surface area contributed by atoms with Gasteiger partial charge in [-0.15, -0.1) is 0 Å². The lowest BCUT2D eigenvalue weighted by molar-refractivity contribution is -0.138. The van der Waals surface area contributed by atoms with Crippen molar-refractivity contribution in [2.75, 3.05) is 5.32 Å². The molecule has 0 radical (unpaired) electrons. The van der Waals surface area contributed by atoms with Crippen LogP contribution in [0.4, 0.5) is 10.5 Å². The Bertz CT molecular complexity index is 401. The number of nitrogens with one attached hydrogen (secondary N) is 2. The van der Waals surface area contributed by atoms with Gasteiger partial charge in [0.15, 0.2) is 0 Å². The Morgan fingerprint density at radius 1 is 1.29 bits per heavy atom. The van der Waals surface area contributed by atoms with E-state index in [9.17, 15) is 9.59 Å². The molecule has 0 heterocycles. The number of amides is 2. The van der Waals surface area contributed by atoms with Gasteiger partial charge in [-0.1, -0.05) is 19.1 Å². The second kappa shape index (κ2) is 5.89. The summed E-state index contributed by atoms with van der Waals surface area (Å²) in [4.78, 5) is 21.9. The monoisotopic (exact) mass is 236 g/mol. The third-order valence-electron chi connectivity index (χ3n) is 2.34. The molecule has 92 valence electrons. The van der Waals surface area contributed by atoms with Crippen molar-refractivity contribution in [3.8, 4) is 0 Å². The van der Waals surface area contributed by atoms with Crippen LogP contribution in [0.25, 0.3) is 0 Å². The number of rotatable bonds is 4. The average Bonchev–Trinajstić information content (AvgIpc) is 2.29. The molecule has 0 aromatic heterocycles. The summed E-state index contributed by atoms with van der Waals surface area (Å²) in [5.41, 5.74) is 1.81. The standard InChI is InChI=1S/C12H16N2O3/c1-3-9-4-6-10(7-5-9)14-12(17)13-8(2)11(15)16/h4-8H,3H2,1-2H3,(H,15,16)(H2,13,14,17)/t8-/m1/s1. The summed E-state index contributed by atoms with van der Waals surface area (Å²) in [6.45, 7) is 3.45. The van der Waals surface area contributed by atoms with Gasteiger partial charge < -0.3 is 15.7 Å². The molecule has 0 bridgehead atoms. The molecule has 1 atom stereocenters. The van der Waals surface area contributed by atoms with Gasteiger partial charge >= 0.3 is 12.0 Å². The van der Waals surface area contributed by atoms with E-state index in [-0.39, 0.29) is 0 Å². The Labute approximate surface area is 99.8 Å². The highest BCUT2D eigenvalue weighted by atomic mass is 16.4. The lowest BCUT2D eigenvalue weighted by Gasteiger charge is -2.10. The normalized spacial score (nSPS) is 11.6. The quantitative estimate of drug-likeness (QED) is 0.746. The molecule has 0 saturated heterocycles.